The van der Waals surface area contributed by atoms with Crippen molar-refractivity contribution < 1.29 is 4.79 Å². The molecule has 0 atom stereocenters. The highest BCUT2D eigenvalue weighted by molar-refractivity contribution is 6.18. The third-order valence-electron chi connectivity index (χ3n) is 2.73. The molecule has 1 aliphatic rings. The monoisotopic (exact) mass is 223 g/mol. The Morgan fingerprint density at radius 3 is 2.87 bits per heavy atom. The van der Waals surface area contributed by atoms with Crippen LogP contribution in [0.2, 0.25) is 0 Å². The van der Waals surface area contributed by atoms with Gasteiger partial charge < -0.3 is 4.90 Å². The molecule has 0 unspecified atom stereocenters. The molecule has 0 aromatic heterocycles. The number of nitrogens with zero attached hydrogens (tertiary/aromatic N) is 1. The van der Waals surface area contributed by atoms with Crippen molar-refractivity contribution in [2.24, 2.45) is 0 Å². The maximum absolute atomic E-state index is 11.8. The fraction of sp³-hybridized carbons (Fsp3) is 0.417. The predicted octanol–water partition coefficient (Wildman–Crippen LogP) is 2.59. The van der Waals surface area contributed by atoms with Crippen LogP contribution < -0.4 is 4.90 Å². The van der Waals surface area contributed by atoms with E-state index in [4.69, 9.17) is 11.6 Å². The van der Waals surface area contributed by atoms with E-state index in [-0.39, 0.29) is 5.91 Å². The lowest BCUT2D eigenvalue weighted by Crippen LogP contribution is -2.31. The molecule has 15 heavy (non-hydrogen) atoms. The summed E-state index contributed by atoms with van der Waals surface area (Å²) in [6.07, 6.45) is 2.56. The van der Waals surface area contributed by atoms with Crippen LogP contribution in [0.25, 0.3) is 0 Å². The lowest BCUT2D eigenvalue weighted by atomic mass is 10.1. The van der Waals surface area contributed by atoms with Gasteiger partial charge in [-0.1, -0.05) is 18.2 Å². The van der Waals surface area contributed by atoms with Crippen LogP contribution in [-0.2, 0) is 11.2 Å². The highest BCUT2D eigenvalue weighted by Crippen LogP contribution is 2.26. The summed E-state index contributed by atoms with van der Waals surface area (Å²) in [6.45, 7) is 0.609. The van der Waals surface area contributed by atoms with E-state index in [1.807, 2.05) is 23.1 Å². The largest absolute Gasteiger partial charge is 0.311 e. The van der Waals surface area contributed by atoms with Gasteiger partial charge in [-0.25, -0.2) is 0 Å². The second-order valence-corrected chi connectivity index (χ2v) is 4.09. The van der Waals surface area contributed by atoms with Gasteiger partial charge in [0.2, 0.25) is 5.91 Å². The van der Waals surface area contributed by atoms with Gasteiger partial charge >= 0.3 is 0 Å². The normalized spacial score (nSPS) is 16.1. The molecule has 3 heteroatoms. The lowest BCUT2D eigenvalue weighted by Gasteiger charge is -2.21. The fourth-order valence-corrected chi connectivity index (χ4v) is 2.18. The van der Waals surface area contributed by atoms with E-state index >= 15 is 0 Å². The Balaban J connectivity index is 2.38. The van der Waals surface area contributed by atoms with Crippen molar-refractivity contribution in [2.75, 3.05) is 17.3 Å². The summed E-state index contributed by atoms with van der Waals surface area (Å²) in [5, 5.41) is 0. The summed E-state index contributed by atoms with van der Waals surface area (Å²) in [7, 11) is 0. The number of anilines is 1. The number of hydrogen-bond donors (Lipinski definition) is 0. The van der Waals surface area contributed by atoms with Gasteiger partial charge in [0.25, 0.3) is 0 Å². The van der Waals surface area contributed by atoms with Crippen LogP contribution in [0.15, 0.2) is 24.3 Å². The van der Waals surface area contributed by atoms with Gasteiger partial charge in [-0.2, -0.15) is 0 Å². The van der Waals surface area contributed by atoms with E-state index in [1.54, 1.807) is 0 Å². The van der Waals surface area contributed by atoms with Gasteiger partial charge in [0.15, 0.2) is 0 Å². The maximum Gasteiger partial charge on any atom is 0.227 e. The van der Waals surface area contributed by atoms with Crippen molar-refractivity contribution >= 4 is 23.2 Å². The molecule has 1 amide bonds. The van der Waals surface area contributed by atoms with Crippen molar-refractivity contribution in [3.8, 4) is 0 Å². The summed E-state index contributed by atoms with van der Waals surface area (Å²) in [4.78, 5) is 13.6. The Morgan fingerprint density at radius 1 is 1.27 bits per heavy atom. The summed E-state index contributed by atoms with van der Waals surface area (Å²) in [5.74, 6) is 0.681. The predicted molar refractivity (Wildman–Crippen MR) is 62.5 cm³/mol. The Kier molecular flexibility index (Phi) is 3.27. The van der Waals surface area contributed by atoms with E-state index in [0.717, 1.165) is 18.5 Å². The molecule has 0 N–H and O–H groups in total. The number of carbonyl (C=O) groups is 1. The number of alkyl halides is 1. The van der Waals surface area contributed by atoms with E-state index in [9.17, 15) is 4.79 Å². The molecule has 1 heterocycles. The van der Waals surface area contributed by atoms with Gasteiger partial charge in [-0.3, -0.25) is 4.79 Å². The first-order chi connectivity index (χ1) is 7.33. The number of benzene rings is 1. The number of amides is 1. The van der Waals surface area contributed by atoms with E-state index < -0.39 is 0 Å². The highest BCUT2D eigenvalue weighted by atomic mass is 35.5. The number of fused-ring (bicyclic) bond motifs is 1. The summed E-state index contributed by atoms with van der Waals surface area (Å²) in [6, 6.07) is 8.09. The molecule has 80 valence electrons. The minimum Gasteiger partial charge on any atom is -0.311 e. The number of hydrogen-bond acceptors (Lipinski definition) is 1. The first kappa shape index (κ1) is 10.5. The van der Waals surface area contributed by atoms with Crippen LogP contribution in [0, 0.1) is 0 Å². The topological polar surface area (TPSA) is 20.3 Å². The third-order valence-corrected chi connectivity index (χ3v) is 2.90. The maximum atomic E-state index is 11.8. The average molecular weight is 224 g/mol. The van der Waals surface area contributed by atoms with Crippen molar-refractivity contribution in [3.63, 3.8) is 0 Å². The van der Waals surface area contributed by atoms with Gasteiger partial charge in [0.05, 0.1) is 0 Å². The standard InChI is InChI=1S/C12H14ClNO/c13-8-9-14-11-6-2-1-4-10(11)5-3-7-12(14)15/h1-2,4,6H,3,5,7-9H2. The van der Waals surface area contributed by atoms with Gasteiger partial charge in [0.1, 0.15) is 0 Å². The quantitative estimate of drug-likeness (QED) is 0.706. The second-order valence-electron chi connectivity index (χ2n) is 3.72. The Hall–Kier alpha value is -1.02. The van der Waals surface area contributed by atoms with Crippen molar-refractivity contribution in [3.05, 3.63) is 29.8 Å². The van der Waals surface area contributed by atoms with Crippen molar-refractivity contribution in [1.82, 2.24) is 0 Å². The van der Waals surface area contributed by atoms with E-state index in [2.05, 4.69) is 6.07 Å². The molecule has 2 nitrogen and oxygen atoms in total. The number of carbonyl (C=O) groups excluding carboxylic acids is 1. The summed E-state index contributed by atoms with van der Waals surface area (Å²) < 4.78 is 0. The average Bonchev–Trinajstić information content (AvgIpc) is 2.40. The van der Waals surface area contributed by atoms with Crippen LogP contribution in [0.1, 0.15) is 18.4 Å². The van der Waals surface area contributed by atoms with Crippen LogP contribution in [0.3, 0.4) is 0 Å². The first-order valence-corrected chi connectivity index (χ1v) is 5.80. The zero-order valence-electron chi connectivity index (χ0n) is 8.58. The Morgan fingerprint density at radius 2 is 2.07 bits per heavy atom. The number of para-hydroxylation sites is 1. The summed E-state index contributed by atoms with van der Waals surface area (Å²) >= 11 is 5.73. The van der Waals surface area contributed by atoms with Crippen LogP contribution >= 0.6 is 11.6 Å². The molecule has 0 radical (unpaired) electrons. The second kappa shape index (κ2) is 4.67. The van der Waals surface area contributed by atoms with E-state index in [0.29, 0.717) is 18.8 Å². The Bertz CT molecular complexity index is 364. The van der Waals surface area contributed by atoms with Gasteiger partial charge in [-0.05, 0) is 24.5 Å². The molecule has 0 saturated carbocycles. The molecule has 1 aromatic carbocycles. The first-order valence-electron chi connectivity index (χ1n) is 5.27. The van der Waals surface area contributed by atoms with Crippen molar-refractivity contribution in [1.29, 1.82) is 0 Å². The number of rotatable bonds is 2. The number of halogens is 1. The fourth-order valence-electron chi connectivity index (χ4n) is 2.01. The minimum absolute atomic E-state index is 0.195. The number of aryl methyl sites for hydroxylation is 1. The van der Waals surface area contributed by atoms with E-state index in [1.165, 1.54) is 5.56 Å². The Labute approximate surface area is 94.8 Å². The summed E-state index contributed by atoms with van der Waals surface area (Å²) in [5.41, 5.74) is 2.30. The van der Waals surface area contributed by atoms with Gasteiger partial charge in [-0.15, -0.1) is 11.6 Å². The molecule has 0 fully saturated rings. The minimum atomic E-state index is 0.195. The molecular weight excluding hydrogens is 210 g/mol. The molecule has 2 rings (SSSR count). The van der Waals surface area contributed by atoms with Gasteiger partial charge in [0, 0.05) is 24.5 Å². The molecule has 1 aliphatic heterocycles. The molecule has 0 spiro atoms. The zero-order valence-corrected chi connectivity index (χ0v) is 9.33. The van der Waals surface area contributed by atoms with Crippen LogP contribution in [-0.4, -0.2) is 18.3 Å². The third kappa shape index (κ3) is 2.15. The SMILES string of the molecule is O=C1CCCc2ccccc2N1CCCl. The van der Waals surface area contributed by atoms with Crippen LogP contribution in [0.4, 0.5) is 5.69 Å². The van der Waals surface area contributed by atoms with Crippen molar-refractivity contribution in [2.45, 2.75) is 19.3 Å². The molecule has 0 aliphatic carbocycles. The molecule has 0 saturated heterocycles. The van der Waals surface area contributed by atoms with Crippen LogP contribution in [0.5, 0.6) is 0 Å². The zero-order chi connectivity index (χ0) is 10.7. The molecule has 1 aromatic rings. The molecule has 0 bridgehead atoms. The highest BCUT2D eigenvalue weighted by Gasteiger charge is 2.20. The molecular formula is C12H14ClNO. The lowest BCUT2D eigenvalue weighted by molar-refractivity contribution is -0.118. The smallest absolute Gasteiger partial charge is 0.227 e.